The van der Waals surface area contributed by atoms with Crippen LogP contribution < -0.4 is 5.32 Å². The highest BCUT2D eigenvalue weighted by Gasteiger charge is 2.27. The van der Waals surface area contributed by atoms with Crippen molar-refractivity contribution in [3.8, 4) is 11.4 Å². The lowest BCUT2D eigenvalue weighted by molar-refractivity contribution is -0.122. The number of amides is 2. The molecular formula is C27H33N5O3. The van der Waals surface area contributed by atoms with E-state index < -0.39 is 0 Å². The number of anilines is 1. The van der Waals surface area contributed by atoms with Crippen molar-refractivity contribution >= 4 is 28.5 Å². The predicted molar refractivity (Wildman–Crippen MR) is 135 cm³/mol. The second-order valence-electron chi connectivity index (χ2n) is 9.74. The SMILES string of the molecule is CN(CC[C@H]1CCCCO1)C(=O)c1cc(NC(=O)C2CCC2)c2c(c1)nc(-c1ccncc1)n2C. The molecule has 184 valence electrons. The second-order valence-corrected chi connectivity index (χ2v) is 9.74. The molecule has 1 atom stereocenters. The molecule has 2 amide bonds. The maximum Gasteiger partial charge on any atom is 0.253 e. The molecule has 3 heterocycles. The molecule has 1 N–H and O–H groups in total. The number of hydrogen-bond donors (Lipinski definition) is 1. The molecule has 0 spiro atoms. The van der Waals surface area contributed by atoms with Crippen LogP contribution in [0.15, 0.2) is 36.7 Å². The highest BCUT2D eigenvalue weighted by Crippen LogP contribution is 2.33. The van der Waals surface area contributed by atoms with E-state index in [9.17, 15) is 9.59 Å². The third-order valence-electron chi connectivity index (χ3n) is 7.30. The summed E-state index contributed by atoms with van der Waals surface area (Å²) in [6.45, 7) is 1.43. The average Bonchev–Trinajstić information content (AvgIpc) is 3.18. The first-order chi connectivity index (χ1) is 17.0. The molecule has 35 heavy (non-hydrogen) atoms. The largest absolute Gasteiger partial charge is 0.378 e. The molecule has 1 aliphatic heterocycles. The van der Waals surface area contributed by atoms with Crippen LogP contribution in [-0.2, 0) is 16.6 Å². The number of nitrogens with zero attached hydrogens (tertiary/aromatic N) is 4. The number of carbonyl (C=O) groups is 2. The molecule has 8 nitrogen and oxygen atoms in total. The number of aryl methyl sites for hydroxylation is 1. The molecule has 5 rings (SSSR count). The van der Waals surface area contributed by atoms with Crippen molar-refractivity contribution < 1.29 is 14.3 Å². The summed E-state index contributed by atoms with van der Waals surface area (Å²) in [4.78, 5) is 36.9. The van der Waals surface area contributed by atoms with Crippen LogP contribution in [0.1, 0.15) is 55.3 Å². The summed E-state index contributed by atoms with van der Waals surface area (Å²) >= 11 is 0. The molecule has 3 aromatic rings. The maximum absolute atomic E-state index is 13.4. The lowest BCUT2D eigenvalue weighted by Gasteiger charge is -2.26. The number of rotatable bonds is 7. The number of aromatic nitrogens is 3. The standard InChI is InChI=1S/C27H33N5O3/c1-31(14-11-21-8-3-4-15-35-21)27(34)20-16-22-24(23(17-20)30-26(33)19-6-5-7-19)32(2)25(29-22)18-9-12-28-13-10-18/h9-10,12-13,16-17,19,21H,3-8,11,14-15H2,1-2H3,(H,30,33)/t21-/m1/s1. The number of fused-ring (bicyclic) bond motifs is 1. The monoisotopic (exact) mass is 475 g/mol. The normalized spacial score (nSPS) is 18.3. The van der Waals surface area contributed by atoms with Gasteiger partial charge < -0.3 is 19.5 Å². The van der Waals surface area contributed by atoms with E-state index in [0.717, 1.165) is 62.0 Å². The van der Waals surface area contributed by atoms with E-state index >= 15 is 0 Å². The number of carbonyl (C=O) groups excluding carboxylic acids is 2. The zero-order chi connectivity index (χ0) is 24.4. The Kier molecular flexibility index (Phi) is 6.81. The quantitative estimate of drug-likeness (QED) is 0.547. The van der Waals surface area contributed by atoms with E-state index in [1.165, 1.54) is 6.42 Å². The summed E-state index contributed by atoms with van der Waals surface area (Å²) < 4.78 is 7.80. The molecule has 0 radical (unpaired) electrons. The van der Waals surface area contributed by atoms with Crippen molar-refractivity contribution in [3.63, 3.8) is 0 Å². The lowest BCUT2D eigenvalue weighted by Crippen LogP contribution is -2.32. The topological polar surface area (TPSA) is 89.3 Å². The van der Waals surface area contributed by atoms with Crippen LogP contribution in [0.25, 0.3) is 22.4 Å². The van der Waals surface area contributed by atoms with Gasteiger partial charge >= 0.3 is 0 Å². The predicted octanol–water partition coefficient (Wildman–Crippen LogP) is 4.41. The summed E-state index contributed by atoms with van der Waals surface area (Å²) in [6.07, 6.45) is 10.8. The van der Waals surface area contributed by atoms with E-state index in [2.05, 4.69) is 10.3 Å². The summed E-state index contributed by atoms with van der Waals surface area (Å²) in [7, 11) is 3.75. The van der Waals surface area contributed by atoms with Crippen LogP contribution in [0, 0.1) is 5.92 Å². The van der Waals surface area contributed by atoms with Gasteiger partial charge in [-0.25, -0.2) is 4.98 Å². The lowest BCUT2D eigenvalue weighted by atomic mass is 9.85. The molecule has 1 saturated heterocycles. The van der Waals surface area contributed by atoms with Crippen LogP contribution >= 0.6 is 0 Å². The van der Waals surface area contributed by atoms with Crippen LogP contribution in [0.3, 0.4) is 0 Å². The van der Waals surface area contributed by atoms with Gasteiger partial charge in [-0.3, -0.25) is 14.6 Å². The second kappa shape index (κ2) is 10.2. The molecule has 2 aromatic heterocycles. The van der Waals surface area contributed by atoms with E-state index in [1.54, 1.807) is 23.4 Å². The minimum Gasteiger partial charge on any atom is -0.378 e. The molecule has 2 aliphatic rings. The van der Waals surface area contributed by atoms with Gasteiger partial charge in [0.1, 0.15) is 5.82 Å². The fourth-order valence-corrected chi connectivity index (χ4v) is 4.93. The minimum absolute atomic E-state index is 0.0108. The molecule has 1 aromatic carbocycles. The maximum atomic E-state index is 13.4. The number of benzene rings is 1. The van der Waals surface area contributed by atoms with Gasteiger partial charge in [-0.1, -0.05) is 6.42 Å². The van der Waals surface area contributed by atoms with Gasteiger partial charge in [0.2, 0.25) is 5.91 Å². The van der Waals surface area contributed by atoms with E-state index in [1.807, 2.05) is 36.9 Å². The van der Waals surface area contributed by atoms with Gasteiger partial charge in [0.25, 0.3) is 5.91 Å². The van der Waals surface area contributed by atoms with Gasteiger partial charge in [0.05, 0.1) is 22.8 Å². The Morgan fingerprint density at radius 3 is 2.63 bits per heavy atom. The van der Waals surface area contributed by atoms with Crippen LogP contribution in [0.4, 0.5) is 5.69 Å². The van der Waals surface area contributed by atoms with Gasteiger partial charge in [0.15, 0.2) is 0 Å². The summed E-state index contributed by atoms with van der Waals surface area (Å²) in [5, 5.41) is 3.11. The Labute approximate surface area is 205 Å². The van der Waals surface area contributed by atoms with Crippen molar-refractivity contribution in [1.29, 1.82) is 0 Å². The molecule has 0 unspecified atom stereocenters. The number of nitrogens with one attached hydrogen (secondary N) is 1. The Balaban J connectivity index is 1.46. The van der Waals surface area contributed by atoms with Crippen LogP contribution in [0.5, 0.6) is 0 Å². The molecule has 1 aliphatic carbocycles. The van der Waals surface area contributed by atoms with Crippen molar-refractivity contribution in [2.75, 3.05) is 25.5 Å². The Bertz CT molecular complexity index is 1210. The first-order valence-electron chi connectivity index (χ1n) is 12.6. The van der Waals surface area contributed by atoms with Gasteiger partial charge in [-0.2, -0.15) is 0 Å². The van der Waals surface area contributed by atoms with E-state index in [4.69, 9.17) is 9.72 Å². The van der Waals surface area contributed by atoms with Gasteiger partial charge in [-0.05, 0) is 62.8 Å². The average molecular weight is 476 g/mol. The third-order valence-corrected chi connectivity index (χ3v) is 7.30. The zero-order valence-corrected chi connectivity index (χ0v) is 20.5. The zero-order valence-electron chi connectivity index (χ0n) is 20.5. The Morgan fingerprint density at radius 2 is 1.94 bits per heavy atom. The van der Waals surface area contributed by atoms with Crippen molar-refractivity contribution in [2.24, 2.45) is 13.0 Å². The fraction of sp³-hybridized carbons (Fsp3) is 0.481. The number of ether oxygens (including phenoxy) is 1. The van der Waals surface area contributed by atoms with Crippen molar-refractivity contribution in [2.45, 2.75) is 51.0 Å². The fourth-order valence-electron chi connectivity index (χ4n) is 4.93. The van der Waals surface area contributed by atoms with Crippen molar-refractivity contribution in [1.82, 2.24) is 19.4 Å². The van der Waals surface area contributed by atoms with Crippen molar-refractivity contribution in [3.05, 3.63) is 42.2 Å². The Morgan fingerprint density at radius 1 is 1.14 bits per heavy atom. The van der Waals surface area contributed by atoms with Gasteiger partial charge in [-0.15, -0.1) is 0 Å². The first-order valence-corrected chi connectivity index (χ1v) is 12.6. The molecule has 1 saturated carbocycles. The smallest absolute Gasteiger partial charge is 0.253 e. The summed E-state index contributed by atoms with van der Waals surface area (Å²) in [5.74, 6) is 0.721. The van der Waals surface area contributed by atoms with Crippen LogP contribution in [0.2, 0.25) is 0 Å². The summed E-state index contributed by atoms with van der Waals surface area (Å²) in [6, 6.07) is 7.43. The molecule has 2 fully saturated rings. The number of hydrogen-bond acceptors (Lipinski definition) is 5. The third kappa shape index (κ3) is 4.93. The molecule has 8 heteroatoms. The highest BCUT2D eigenvalue weighted by molar-refractivity contribution is 6.06. The van der Waals surface area contributed by atoms with Crippen LogP contribution in [-0.4, -0.2) is 57.6 Å². The molecular weight excluding hydrogens is 442 g/mol. The van der Waals surface area contributed by atoms with Gasteiger partial charge in [0, 0.05) is 56.7 Å². The number of imidazole rings is 1. The first kappa shape index (κ1) is 23.5. The summed E-state index contributed by atoms with van der Waals surface area (Å²) in [5.41, 5.74) is 3.56. The molecule has 0 bridgehead atoms. The van der Waals surface area contributed by atoms with E-state index in [0.29, 0.717) is 23.3 Å². The number of pyridine rings is 1. The minimum atomic E-state index is -0.0852. The van der Waals surface area contributed by atoms with E-state index in [-0.39, 0.29) is 23.8 Å². The Hall–Kier alpha value is -3.26. The highest BCUT2D eigenvalue weighted by atomic mass is 16.5.